The third kappa shape index (κ3) is 5.85. The van der Waals surface area contributed by atoms with E-state index in [1.807, 2.05) is 0 Å². The monoisotopic (exact) mass is 423 g/mol. The van der Waals surface area contributed by atoms with Gasteiger partial charge in [-0.1, -0.05) is 12.1 Å². The van der Waals surface area contributed by atoms with E-state index in [1.165, 1.54) is 22.9 Å². The number of rotatable bonds is 8. The summed E-state index contributed by atoms with van der Waals surface area (Å²) in [4.78, 5) is 36.4. The molecule has 1 aromatic heterocycles. The van der Waals surface area contributed by atoms with Gasteiger partial charge >= 0.3 is 5.97 Å². The van der Waals surface area contributed by atoms with Crippen LogP contribution >= 0.6 is 0 Å². The van der Waals surface area contributed by atoms with Crippen LogP contribution in [0.1, 0.15) is 30.1 Å². The highest BCUT2D eigenvalue weighted by Crippen LogP contribution is 2.17. The van der Waals surface area contributed by atoms with Crippen LogP contribution in [0.5, 0.6) is 0 Å². The second-order valence-electron chi connectivity index (χ2n) is 6.70. The Morgan fingerprint density at radius 3 is 2.55 bits per heavy atom. The molecule has 0 spiro atoms. The van der Waals surface area contributed by atoms with E-state index >= 15 is 0 Å². The first-order valence-electron chi connectivity index (χ1n) is 9.88. The number of carbonyl (C=O) groups excluding carboxylic acids is 2. The van der Waals surface area contributed by atoms with Crippen molar-refractivity contribution in [3.05, 3.63) is 82.4 Å². The molecule has 0 aliphatic rings. The Kier molecular flexibility index (Phi) is 7.26. The van der Waals surface area contributed by atoms with Crippen LogP contribution in [0.4, 0.5) is 10.1 Å². The zero-order chi connectivity index (χ0) is 22.2. The lowest BCUT2D eigenvalue weighted by molar-refractivity contribution is -0.116. The van der Waals surface area contributed by atoms with Crippen LogP contribution in [-0.4, -0.2) is 28.3 Å². The summed E-state index contributed by atoms with van der Waals surface area (Å²) in [6, 6.07) is 15.4. The zero-order valence-corrected chi connectivity index (χ0v) is 17.0. The molecule has 0 radical (unpaired) electrons. The Hall–Kier alpha value is -3.81. The highest BCUT2D eigenvalue weighted by atomic mass is 19.1. The summed E-state index contributed by atoms with van der Waals surface area (Å²) in [5, 5.41) is 7.01. The molecule has 0 atom stereocenters. The van der Waals surface area contributed by atoms with Crippen LogP contribution in [-0.2, 0) is 16.1 Å². The number of aryl methyl sites for hydroxylation is 1. The number of amides is 1. The average molecular weight is 423 g/mol. The summed E-state index contributed by atoms with van der Waals surface area (Å²) in [7, 11) is 0. The largest absolute Gasteiger partial charge is 0.462 e. The van der Waals surface area contributed by atoms with Gasteiger partial charge in [-0.3, -0.25) is 9.59 Å². The number of nitrogens with zero attached hydrogens (tertiary/aromatic N) is 2. The van der Waals surface area contributed by atoms with Crippen LogP contribution in [0.15, 0.2) is 65.5 Å². The maximum absolute atomic E-state index is 13.1. The Balaban J connectivity index is 1.61. The maximum Gasteiger partial charge on any atom is 0.340 e. The lowest BCUT2D eigenvalue weighted by Gasteiger charge is -2.11. The molecule has 0 unspecified atom stereocenters. The second-order valence-corrected chi connectivity index (χ2v) is 6.70. The molecule has 8 heteroatoms. The van der Waals surface area contributed by atoms with Crippen molar-refractivity contribution in [2.45, 2.75) is 26.3 Å². The molecule has 0 fully saturated rings. The van der Waals surface area contributed by atoms with Crippen LogP contribution < -0.4 is 10.9 Å². The number of anilines is 1. The van der Waals surface area contributed by atoms with Gasteiger partial charge < -0.3 is 10.1 Å². The average Bonchev–Trinajstić information content (AvgIpc) is 2.76. The van der Waals surface area contributed by atoms with Gasteiger partial charge in [-0.2, -0.15) is 5.10 Å². The van der Waals surface area contributed by atoms with Gasteiger partial charge in [-0.25, -0.2) is 13.9 Å². The van der Waals surface area contributed by atoms with Gasteiger partial charge in [0, 0.05) is 24.6 Å². The van der Waals surface area contributed by atoms with Crippen molar-refractivity contribution in [2.24, 2.45) is 0 Å². The van der Waals surface area contributed by atoms with Crippen LogP contribution in [0.3, 0.4) is 0 Å². The number of aromatic nitrogens is 2. The number of hydrogen-bond acceptors (Lipinski definition) is 5. The third-order valence-electron chi connectivity index (χ3n) is 4.48. The number of ether oxygens (including phenoxy) is 1. The molecule has 3 rings (SSSR count). The highest BCUT2D eigenvalue weighted by molar-refractivity contribution is 6.01. The van der Waals surface area contributed by atoms with E-state index in [-0.39, 0.29) is 42.4 Å². The van der Waals surface area contributed by atoms with E-state index in [0.717, 1.165) is 0 Å². The fourth-order valence-electron chi connectivity index (χ4n) is 2.96. The standard InChI is InChI=1S/C23H22FN3O4/c1-2-31-23(30)18-6-3-4-7-20(18)25-21(28)8-5-15-27-22(29)14-13-19(26-27)16-9-11-17(24)12-10-16/h3-4,6-7,9-14H,2,5,8,15H2,1H3,(H,25,28). The minimum absolute atomic E-state index is 0.131. The minimum atomic E-state index is -0.508. The van der Waals surface area contributed by atoms with E-state index in [4.69, 9.17) is 4.74 Å². The van der Waals surface area contributed by atoms with Gasteiger partial charge in [0.15, 0.2) is 0 Å². The summed E-state index contributed by atoms with van der Waals surface area (Å²) < 4.78 is 19.4. The Morgan fingerprint density at radius 2 is 1.81 bits per heavy atom. The van der Waals surface area contributed by atoms with E-state index < -0.39 is 5.97 Å². The number of benzene rings is 2. The summed E-state index contributed by atoms with van der Waals surface area (Å²) >= 11 is 0. The maximum atomic E-state index is 13.1. The van der Waals surface area contributed by atoms with Crippen LogP contribution in [0.2, 0.25) is 0 Å². The predicted octanol–water partition coefficient (Wildman–Crippen LogP) is 3.65. The first-order valence-corrected chi connectivity index (χ1v) is 9.88. The van der Waals surface area contributed by atoms with Gasteiger partial charge in [0.2, 0.25) is 5.91 Å². The summed E-state index contributed by atoms with van der Waals surface area (Å²) in [5.74, 6) is -1.15. The normalized spacial score (nSPS) is 10.5. The molecule has 0 aliphatic heterocycles. The predicted molar refractivity (Wildman–Crippen MR) is 114 cm³/mol. The number of esters is 1. The van der Waals surface area contributed by atoms with E-state index in [0.29, 0.717) is 23.4 Å². The topological polar surface area (TPSA) is 90.3 Å². The number of hydrogen-bond donors (Lipinski definition) is 1. The molecule has 0 bridgehead atoms. The molecule has 160 valence electrons. The molecule has 0 aliphatic carbocycles. The molecule has 2 aromatic carbocycles. The van der Waals surface area contributed by atoms with Crippen molar-refractivity contribution >= 4 is 17.6 Å². The van der Waals surface area contributed by atoms with Gasteiger partial charge in [0.1, 0.15) is 5.82 Å². The lowest BCUT2D eigenvalue weighted by atomic mass is 10.1. The quantitative estimate of drug-likeness (QED) is 0.559. The van der Waals surface area contributed by atoms with Crippen molar-refractivity contribution in [3.8, 4) is 11.3 Å². The van der Waals surface area contributed by atoms with Crippen molar-refractivity contribution < 1.29 is 18.7 Å². The molecule has 1 heterocycles. The molecular weight excluding hydrogens is 401 g/mol. The molecule has 1 amide bonds. The van der Waals surface area contributed by atoms with E-state index in [2.05, 4.69) is 10.4 Å². The fraction of sp³-hybridized carbons (Fsp3) is 0.217. The first-order chi connectivity index (χ1) is 15.0. The number of halogens is 1. The number of carbonyl (C=O) groups is 2. The molecule has 0 saturated carbocycles. The fourth-order valence-corrected chi connectivity index (χ4v) is 2.96. The van der Waals surface area contributed by atoms with Gasteiger partial charge in [0.25, 0.3) is 5.56 Å². The smallest absolute Gasteiger partial charge is 0.340 e. The summed E-state index contributed by atoms with van der Waals surface area (Å²) in [6.07, 6.45) is 0.499. The van der Waals surface area contributed by atoms with Crippen LogP contribution in [0.25, 0.3) is 11.3 Å². The van der Waals surface area contributed by atoms with Crippen molar-refractivity contribution in [1.82, 2.24) is 9.78 Å². The molecule has 31 heavy (non-hydrogen) atoms. The third-order valence-corrected chi connectivity index (χ3v) is 4.48. The van der Waals surface area contributed by atoms with Gasteiger partial charge in [-0.05, 0) is 55.8 Å². The molecule has 7 nitrogen and oxygen atoms in total. The van der Waals surface area contributed by atoms with Crippen molar-refractivity contribution in [1.29, 1.82) is 0 Å². The number of nitrogens with one attached hydrogen (secondary N) is 1. The SMILES string of the molecule is CCOC(=O)c1ccccc1NC(=O)CCCn1nc(-c2ccc(F)cc2)ccc1=O. The summed E-state index contributed by atoms with van der Waals surface area (Å²) in [6.45, 7) is 2.18. The number of para-hydroxylation sites is 1. The second kappa shape index (κ2) is 10.3. The van der Waals surface area contributed by atoms with E-state index in [1.54, 1.807) is 49.4 Å². The molecule has 3 aromatic rings. The lowest BCUT2D eigenvalue weighted by Crippen LogP contribution is -2.23. The van der Waals surface area contributed by atoms with Crippen LogP contribution in [0, 0.1) is 5.82 Å². The van der Waals surface area contributed by atoms with Crippen molar-refractivity contribution in [2.75, 3.05) is 11.9 Å². The molecule has 1 N–H and O–H groups in total. The first kappa shape index (κ1) is 21.9. The Bertz CT molecular complexity index is 1130. The van der Waals surface area contributed by atoms with Crippen molar-refractivity contribution in [3.63, 3.8) is 0 Å². The Labute approximate surface area is 178 Å². The van der Waals surface area contributed by atoms with E-state index in [9.17, 15) is 18.8 Å². The molecular formula is C23H22FN3O4. The zero-order valence-electron chi connectivity index (χ0n) is 17.0. The highest BCUT2D eigenvalue weighted by Gasteiger charge is 2.14. The molecule has 0 saturated heterocycles. The van der Waals surface area contributed by atoms with Gasteiger partial charge in [0.05, 0.1) is 23.6 Å². The summed E-state index contributed by atoms with van der Waals surface area (Å²) in [5.41, 5.74) is 1.58. The van der Waals surface area contributed by atoms with Gasteiger partial charge in [-0.15, -0.1) is 0 Å². The minimum Gasteiger partial charge on any atom is -0.462 e. The Morgan fingerprint density at radius 1 is 1.06 bits per heavy atom.